The molecule has 0 fully saturated rings. The normalized spacial score (nSPS) is 13.6. The maximum atomic E-state index is 11.9. The Morgan fingerprint density at radius 1 is 1.40 bits per heavy atom. The molecule has 1 rings (SSSR count). The SMILES string of the molecule is COC[C@@](C)(NC(=O)CCc1ccccc1Cl)C(N)=O. The van der Waals surface area contributed by atoms with E-state index in [-0.39, 0.29) is 18.9 Å². The number of benzene rings is 1. The minimum absolute atomic E-state index is 0.0279. The number of nitrogens with one attached hydrogen (secondary N) is 1. The molecule has 6 heteroatoms. The molecule has 0 aliphatic rings. The van der Waals surface area contributed by atoms with E-state index in [1.807, 2.05) is 18.2 Å². The molecule has 110 valence electrons. The number of carbonyl (C=O) groups is 2. The average molecular weight is 299 g/mol. The van der Waals surface area contributed by atoms with Crippen molar-refractivity contribution >= 4 is 23.4 Å². The lowest BCUT2D eigenvalue weighted by atomic mass is 10.0. The standard InChI is InChI=1S/C14H19ClN2O3/c1-14(9-20-2,13(16)19)17-12(18)8-7-10-5-3-4-6-11(10)15/h3-6H,7-9H2,1-2H3,(H2,16,19)(H,17,18)/t14-/m1/s1. The fraction of sp³-hybridized carbons (Fsp3) is 0.429. The number of carbonyl (C=O) groups excluding carboxylic acids is 2. The van der Waals surface area contributed by atoms with Gasteiger partial charge in [-0.25, -0.2) is 0 Å². The predicted octanol–water partition coefficient (Wildman–Crippen LogP) is 1.28. The molecule has 20 heavy (non-hydrogen) atoms. The van der Waals surface area contributed by atoms with Gasteiger partial charge in [0.1, 0.15) is 5.54 Å². The summed E-state index contributed by atoms with van der Waals surface area (Å²) in [4.78, 5) is 23.3. The van der Waals surface area contributed by atoms with Gasteiger partial charge in [-0.1, -0.05) is 29.8 Å². The summed E-state index contributed by atoms with van der Waals surface area (Å²) in [6.45, 7) is 1.56. The highest BCUT2D eigenvalue weighted by atomic mass is 35.5. The van der Waals surface area contributed by atoms with E-state index < -0.39 is 11.4 Å². The van der Waals surface area contributed by atoms with Crippen LogP contribution < -0.4 is 11.1 Å². The van der Waals surface area contributed by atoms with Crippen molar-refractivity contribution in [1.82, 2.24) is 5.32 Å². The van der Waals surface area contributed by atoms with E-state index in [1.165, 1.54) is 14.0 Å². The summed E-state index contributed by atoms with van der Waals surface area (Å²) < 4.78 is 4.91. The van der Waals surface area contributed by atoms with E-state index >= 15 is 0 Å². The molecule has 0 aromatic heterocycles. The van der Waals surface area contributed by atoms with E-state index in [2.05, 4.69) is 5.32 Å². The Balaban J connectivity index is 2.59. The molecule has 0 saturated carbocycles. The Morgan fingerprint density at radius 3 is 2.60 bits per heavy atom. The molecular weight excluding hydrogens is 280 g/mol. The zero-order valence-electron chi connectivity index (χ0n) is 11.6. The molecule has 0 bridgehead atoms. The van der Waals surface area contributed by atoms with Gasteiger partial charge in [0.25, 0.3) is 0 Å². The van der Waals surface area contributed by atoms with Gasteiger partial charge in [0.15, 0.2) is 0 Å². The first-order chi connectivity index (χ1) is 9.39. The topological polar surface area (TPSA) is 81.4 Å². The number of aryl methyl sites for hydroxylation is 1. The number of rotatable bonds is 7. The van der Waals surface area contributed by atoms with Gasteiger partial charge in [-0.05, 0) is 25.0 Å². The fourth-order valence-electron chi connectivity index (χ4n) is 1.78. The van der Waals surface area contributed by atoms with Gasteiger partial charge < -0.3 is 15.8 Å². The second kappa shape index (κ2) is 7.26. The van der Waals surface area contributed by atoms with Crippen LogP contribution in [0.3, 0.4) is 0 Å². The minimum atomic E-state index is -1.20. The molecule has 0 aliphatic carbocycles. The number of nitrogens with two attached hydrogens (primary N) is 1. The lowest BCUT2D eigenvalue weighted by molar-refractivity contribution is -0.133. The summed E-state index contributed by atoms with van der Waals surface area (Å²) in [5.41, 5.74) is 4.97. The van der Waals surface area contributed by atoms with Gasteiger partial charge >= 0.3 is 0 Å². The molecule has 1 aromatic rings. The number of hydrogen-bond donors (Lipinski definition) is 2. The summed E-state index contributed by atoms with van der Waals surface area (Å²) in [7, 11) is 1.44. The first kappa shape index (κ1) is 16.5. The monoisotopic (exact) mass is 298 g/mol. The smallest absolute Gasteiger partial charge is 0.245 e. The van der Waals surface area contributed by atoms with E-state index in [1.54, 1.807) is 6.07 Å². The Bertz CT molecular complexity index is 493. The first-order valence-electron chi connectivity index (χ1n) is 6.22. The lowest BCUT2D eigenvalue weighted by Crippen LogP contribution is -2.58. The van der Waals surface area contributed by atoms with Crippen molar-refractivity contribution < 1.29 is 14.3 Å². The molecular formula is C14H19ClN2O3. The van der Waals surface area contributed by atoms with Gasteiger partial charge in [0.05, 0.1) is 6.61 Å². The van der Waals surface area contributed by atoms with Crippen molar-refractivity contribution in [1.29, 1.82) is 0 Å². The predicted molar refractivity (Wildman–Crippen MR) is 77.4 cm³/mol. The molecule has 0 heterocycles. The van der Waals surface area contributed by atoms with Crippen molar-refractivity contribution in [3.63, 3.8) is 0 Å². The molecule has 0 radical (unpaired) electrons. The number of hydrogen-bond acceptors (Lipinski definition) is 3. The largest absolute Gasteiger partial charge is 0.382 e. The van der Waals surface area contributed by atoms with Gasteiger partial charge in [0.2, 0.25) is 11.8 Å². The van der Waals surface area contributed by atoms with Crippen LogP contribution in [0.5, 0.6) is 0 Å². The molecule has 0 spiro atoms. The Labute approximate surface area is 123 Å². The summed E-state index contributed by atoms with van der Waals surface area (Å²) >= 11 is 6.02. The van der Waals surface area contributed by atoms with Gasteiger partial charge in [0, 0.05) is 18.6 Å². The van der Waals surface area contributed by atoms with Crippen LogP contribution in [-0.4, -0.2) is 31.1 Å². The number of halogens is 1. The first-order valence-corrected chi connectivity index (χ1v) is 6.60. The van der Waals surface area contributed by atoms with E-state index in [0.717, 1.165) is 5.56 Å². The van der Waals surface area contributed by atoms with Crippen LogP contribution in [-0.2, 0) is 20.7 Å². The fourth-order valence-corrected chi connectivity index (χ4v) is 2.01. The van der Waals surface area contributed by atoms with Crippen molar-refractivity contribution in [2.45, 2.75) is 25.3 Å². The maximum absolute atomic E-state index is 11.9. The van der Waals surface area contributed by atoms with Gasteiger partial charge in [-0.2, -0.15) is 0 Å². The average Bonchev–Trinajstić information content (AvgIpc) is 2.38. The van der Waals surface area contributed by atoms with Crippen LogP contribution in [0, 0.1) is 0 Å². The van der Waals surface area contributed by atoms with Crippen molar-refractivity contribution in [3.8, 4) is 0 Å². The minimum Gasteiger partial charge on any atom is -0.382 e. The molecule has 0 saturated heterocycles. The van der Waals surface area contributed by atoms with E-state index in [9.17, 15) is 9.59 Å². The van der Waals surface area contributed by atoms with Crippen molar-refractivity contribution in [2.75, 3.05) is 13.7 Å². The van der Waals surface area contributed by atoms with Crippen LogP contribution in [0.1, 0.15) is 18.9 Å². The number of primary amides is 1. The summed E-state index contributed by atoms with van der Waals surface area (Å²) in [5, 5.41) is 3.22. The van der Waals surface area contributed by atoms with E-state index in [0.29, 0.717) is 11.4 Å². The Hall–Kier alpha value is -1.59. The third-order valence-electron chi connectivity index (χ3n) is 2.97. The summed E-state index contributed by atoms with van der Waals surface area (Å²) in [6.07, 6.45) is 0.712. The quantitative estimate of drug-likeness (QED) is 0.795. The molecule has 0 unspecified atom stereocenters. The molecule has 5 nitrogen and oxygen atoms in total. The van der Waals surface area contributed by atoms with E-state index in [4.69, 9.17) is 22.1 Å². The summed E-state index contributed by atoms with van der Waals surface area (Å²) in [6, 6.07) is 7.32. The third-order valence-corrected chi connectivity index (χ3v) is 3.34. The zero-order valence-corrected chi connectivity index (χ0v) is 12.4. The second-order valence-corrected chi connectivity index (χ2v) is 5.18. The molecule has 0 aliphatic heterocycles. The van der Waals surface area contributed by atoms with Crippen molar-refractivity contribution in [2.24, 2.45) is 5.73 Å². The third kappa shape index (κ3) is 4.51. The molecule has 2 amide bonds. The number of ether oxygens (including phenoxy) is 1. The van der Waals surface area contributed by atoms with Crippen molar-refractivity contribution in [3.05, 3.63) is 34.9 Å². The second-order valence-electron chi connectivity index (χ2n) is 4.77. The molecule has 3 N–H and O–H groups in total. The lowest BCUT2D eigenvalue weighted by Gasteiger charge is -2.26. The molecule has 1 atom stereocenters. The zero-order chi connectivity index (χ0) is 15.2. The highest BCUT2D eigenvalue weighted by Crippen LogP contribution is 2.16. The highest BCUT2D eigenvalue weighted by Gasteiger charge is 2.32. The van der Waals surface area contributed by atoms with Crippen LogP contribution in [0.25, 0.3) is 0 Å². The Morgan fingerprint density at radius 2 is 2.05 bits per heavy atom. The summed E-state index contributed by atoms with van der Waals surface area (Å²) in [5.74, 6) is -0.909. The van der Waals surface area contributed by atoms with Crippen LogP contribution in [0.4, 0.5) is 0 Å². The number of amides is 2. The van der Waals surface area contributed by atoms with Gasteiger partial charge in [-0.15, -0.1) is 0 Å². The van der Waals surface area contributed by atoms with Crippen LogP contribution in [0.2, 0.25) is 5.02 Å². The Kier molecular flexibility index (Phi) is 5.98. The highest BCUT2D eigenvalue weighted by molar-refractivity contribution is 6.31. The molecule has 1 aromatic carbocycles. The van der Waals surface area contributed by atoms with Gasteiger partial charge in [-0.3, -0.25) is 9.59 Å². The maximum Gasteiger partial charge on any atom is 0.245 e. The van der Waals surface area contributed by atoms with Crippen LogP contribution in [0.15, 0.2) is 24.3 Å². The van der Waals surface area contributed by atoms with Crippen LogP contribution >= 0.6 is 11.6 Å². The number of methoxy groups -OCH3 is 1.